The normalized spacial score (nSPS) is 15.9. The van der Waals surface area contributed by atoms with Gasteiger partial charge in [-0.2, -0.15) is 5.26 Å². The maximum Gasteiger partial charge on any atom is 0.246 e. The first kappa shape index (κ1) is 21.1. The zero-order valence-corrected chi connectivity index (χ0v) is 16.8. The maximum absolute atomic E-state index is 13.9. The smallest absolute Gasteiger partial charge is 0.246 e. The Labute approximate surface area is 182 Å². The van der Waals surface area contributed by atoms with E-state index in [1.165, 1.54) is 71.8 Å². The summed E-state index contributed by atoms with van der Waals surface area (Å²) in [5.41, 5.74) is 5.98. The summed E-state index contributed by atoms with van der Waals surface area (Å²) in [5, 5.41) is 8.99. The van der Waals surface area contributed by atoms with Crippen molar-refractivity contribution >= 4 is 11.8 Å². The van der Waals surface area contributed by atoms with E-state index in [0.29, 0.717) is 16.7 Å². The van der Waals surface area contributed by atoms with E-state index in [2.05, 4.69) is 4.98 Å². The van der Waals surface area contributed by atoms with Crippen LogP contribution in [-0.2, 0) is 15.0 Å². The summed E-state index contributed by atoms with van der Waals surface area (Å²) in [6.07, 6.45) is 1.57. The minimum atomic E-state index is -1.25. The van der Waals surface area contributed by atoms with Crippen molar-refractivity contribution in [2.75, 3.05) is 6.54 Å². The highest BCUT2D eigenvalue weighted by atomic mass is 19.1. The van der Waals surface area contributed by atoms with E-state index in [9.17, 15) is 18.4 Å². The van der Waals surface area contributed by atoms with Crippen LogP contribution >= 0.6 is 0 Å². The number of nitrogens with two attached hydrogens (primary N) is 1. The Morgan fingerprint density at radius 1 is 1.03 bits per heavy atom. The second-order valence-electron chi connectivity index (χ2n) is 7.56. The fourth-order valence-electron chi connectivity index (χ4n) is 4.25. The van der Waals surface area contributed by atoms with Crippen molar-refractivity contribution in [3.63, 3.8) is 0 Å². The lowest BCUT2D eigenvalue weighted by Crippen LogP contribution is -2.44. The first-order chi connectivity index (χ1) is 15.4. The monoisotopic (exact) mass is 432 g/mol. The largest absolute Gasteiger partial charge is 0.368 e. The zero-order valence-electron chi connectivity index (χ0n) is 16.8. The van der Waals surface area contributed by atoms with Crippen LogP contribution in [0.3, 0.4) is 0 Å². The molecule has 1 aliphatic rings. The van der Waals surface area contributed by atoms with Gasteiger partial charge in [-0.25, -0.2) is 8.78 Å². The van der Waals surface area contributed by atoms with Gasteiger partial charge in [0.1, 0.15) is 23.1 Å². The van der Waals surface area contributed by atoms with E-state index >= 15 is 0 Å². The summed E-state index contributed by atoms with van der Waals surface area (Å²) in [5.74, 6) is -2.11. The molecular weight excluding hydrogens is 414 g/mol. The Hall–Kier alpha value is -4.12. The van der Waals surface area contributed by atoms with E-state index in [1.807, 2.05) is 6.07 Å². The molecule has 1 aliphatic heterocycles. The number of aromatic nitrogens is 1. The Bertz CT molecular complexity index is 1160. The third-order valence-electron chi connectivity index (χ3n) is 5.80. The lowest BCUT2D eigenvalue weighted by Gasteiger charge is -2.31. The van der Waals surface area contributed by atoms with Crippen LogP contribution in [0.1, 0.15) is 34.8 Å². The number of nitriles is 1. The van der Waals surface area contributed by atoms with E-state index in [-0.39, 0.29) is 18.7 Å². The molecule has 0 saturated carbocycles. The van der Waals surface area contributed by atoms with Crippen molar-refractivity contribution < 1.29 is 18.4 Å². The second-order valence-corrected chi connectivity index (χ2v) is 7.56. The number of nitrogens with zero attached hydrogens (tertiary/aromatic N) is 3. The SMILES string of the molecule is N#Cc1ccc(C(C(N)=O)N2CCC(c3ccc(F)cc3)(c3ccc(F)cc3)C2=O)nc1. The number of primary amides is 1. The molecule has 0 bridgehead atoms. The van der Waals surface area contributed by atoms with Gasteiger partial charge in [0, 0.05) is 12.7 Å². The minimum Gasteiger partial charge on any atom is -0.368 e. The molecule has 1 fully saturated rings. The zero-order chi connectivity index (χ0) is 22.9. The van der Waals surface area contributed by atoms with Gasteiger partial charge in [0.2, 0.25) is 11.8 Å². The third-order valence-corrected chi connectivity index (χ3v) is 5.80. The van der Waals surface area contributed by atoms with Crippen LogP contribution in [0.25, 0.3) is 0 Å². The van der Waals surface area contributed by atoms with Crippen molar-refractivity contribution in [2.45, 2.75) is 17.9 Å². The molecule has 160 valence electrons. The highest BCUT2D eigenvalue weighted by molar-refractivity contribution is 5.97. The Morgan fingerprint density at radius 2 is 1.59 bits per heavy atom. The van der Waals surface area contributed by atoms with Crippen LogP contribution in [0.5, 0.6) is 0 Å². The molecule has 0 radical (unpaired) electrons. The molecular formula is C24H18F2N4O2. The number of carbonyl (C=O) groups is 2. The Kier molecular flexibility index (Phi) is 5.41. The van der Waals surface area contributed by atoms with Gasteiger partial charge in [-0.05, 0) is 53.9 Å². The molecule has 1 saturated heterocycles. The number of pyridine rings is 1. The molecule has 2 N–H and O–H groups in total. The van der Waals surface area contributed by atoms with Crippen LogP contribution in [-0.4, -0.2) is 28.2 Å². The number of rotatable bonds is 5. The van der Waals surface area contributed by atoms with Crippen molar-refractivity contribution in [3.8, 4) is 6.07 Å². The van der Waals surface area contributed by atoms with Gasteiger partial charge in [0.05, 0.1) is 11.3 Å². The number of carbonyl (C=O) groups excluding carboxylic acids is 2. The van der Waals surface area contributed by atoms with E-state index < -0.39 is 34.9 Å². The molecule has 3 aromatic rings. The lowest BCUT2D eigenvalue weighted by molar-refractivity contribution is -0.138. The molecule has 4 rings (SSSR count). The first-order valence-electron chi connectivity index (χ1n) is 9.85. The van der Waals surface area contributed by atoms with Gasteiger partial charge < -0.3 is 10.6 Å². The van der Waals surface area contributed by atoms with Crippen LogP contribution in [0.15, 0.2) is 66.9 Å². The predicted molar refractivity (Wildman–Crippen MR) is 111 cm³/mol. The van der Waals surface area contributed by atoms with Crippen molar-refractivity contribution in [3.05, 3.63) is 101 Å². The molecule has 6 nitrogen and oxygen atoms in total. The number of hydrogen-bond donors (Lipinski definition) is 1. The average Bonchev–Trinajstić information content (AvgIpc) is 3.13. The predicted octanol–water partition coefficient (Wildman–Crippen LogP) is 2.98. The Morgan fingerprint density at radius 3 is 2.03 bits per heavy atom. The molecule has 32 heavy (non-hydrogen) atoms. The van der Waals surface area contributed by atoms with Crippen LogP contribution < -0.4 is 5.73 Å². The van der Waals surface area contributed by atoms with Gasteiger partial charge in [0.25, 0.3) is 0 Å². The third kappa shape index (κ3) is 3.48. The first-order valence-corrected chi connectivity index (χ1v) is 9.85. The quantitative estimate of drug-likeness (QED) is 0.670. The summed E-state index contributed by atoms with van der Waals surface area (Å²) < 4.78 is 27.2. The molecule has 1 unspecified atom stereocenters. The van der Waals surface area contributed by atoms with Gasteiger partial charge in [-0.1, -0.05) is 24.3 Å². The lowest BCUT2D eigenvalue weighted by atomic mass is 9.73. The highest BCUT2D eigenvalue weighted by Gasteiger charge is 2.52. The fraction of sp³-hybridized carbons (Fsp3) is 0.167. The fourth-order valence-corrected chi connectivity index (χ4v) is 4.25. The second kappa shape index (κ2) is 8.19. The average molecular weight is 432 g/mol. The molecule has 1 atom stereocenters. The topological polar surface area (TPSA) is 100 Å². The highest BCUT2D eigenvalue weighted by Crippen LogP contribution is 2.44. The van der Waals surface area contributed by atoms with Gasteiger partial charge in [0.15, 0.2) is 6.04 Å². The maximum atomic E-state index is 13.9. The van der Waals surface area contributed by atoms with Gasteiger partial charge in [-0.15, -0.1) is 0 Å². The van der Waals surface area contributed by atoms with Crippen molar-refractivity contribution in [1.82, 2.24) is 9.88 Å². The van der Waals surface area contributed by atoms with Crippen LogP contribution in [0.4, 0.5) is 8.78 Å². The summed E-state index contributed by atoms with van der Waals surface area (Å²) in [4.78, 5) is 31.8. The molecule has 2 amide bonds. The van der Waals surface area contributed by atoms with Crippen LogP contribution in [0, 0.1) is 23.0 Å². The molecule has 8 heteroatoms. The molecule has 0 aliphatic carbocycles. The van der Waals surface area contributed by atoms with Crippen molar-refractivity contribution in [2.24, 2.45) is 5.73 Å². The molecule has 0 spiro atoms. The molecule has 2 aromatic carbocycles. The Balaban J connectivity index is 1.82. The van der Waals surface area contributed by atoms with Gasteiger partial charge >= 0.3 is 0 Å². The van der Waals surface area contributed by atoms with E-state index in [4.69, 9.17) is 11.0 Å². The number of amides is 2. The standard InChI is InChI=1S/C24H18F2N4O2/c25-18-6-2-16(3-7-18)24(17-4-8-19(26)9-5-17)11-12-30(23(24)32)21(22(28)31)20-10-1-15(13-27)14-29-20/h1-10,14,21H,11-12H2,(H2,28,31). The van der Waals surface area contributed by atoms with Crippen molar-refractivity contribution in [1.29, 1.82) is 5.26 Å². The molecule has 2 heterocycles. The number of halogens is 2. The summed E-state index contributed by atoms with van der Waals surface area (Å²) in [6, 6.07) is 14.8. The summed E-state index contributed by atoms with van der Waals surface area (Å²) in [6.45, 7) is 0.170. The minimum absolute atomic E-state index is 0.170. The molecule has 1 aromatic heterocycles. The number of hydrogen-bond acceptors (Lipinski definition) is 4. The number of benzene rings is 2. The summed E-state index contributed by atoms with van der Waals surface area (Å²) >= 11 is 0. The van der Waals surface area contributed by atoms with E-state index in [1.54, 1.807) is 0 Å². The summed E-state index contributed by atoms with van der Waals surface area (Å²) in [7, 11) is 0. The number of likely N-dealkylation sites (tertiary alicyclic amines) is 1. The van der Waals surface area contributed by atoms with Gasteiger partial charge in [-0.3, -0.25) is 14.6 Å². The van der Waals surface area contributed by atoms with Crippen LogP contribution in [0.2, 0.25) is 0 Å². The van der Waals surface area contributed by atoms with E-state index in [0.717, 1.165) is 0 Å².